The average molecular weight is 430 g/mol. The summed E-state index contributed by atoms with van der Waals surface area (Å²) < 4.78 is 33.2. The van der Waals surface area contributed by atoms with Crippen LogP contribution < -0.4 is 10.1 Å². The molecule has 160 valence electrons. The number of benzene rings is 1. The van der Waals surface area contributed by atoms with E-state index in [2.05, 4.69) is 16.9 Å². The Morgan fingerprint density at radius 3 is 2.70 bits per heavy atom. The highest BCUT2D eigenvalue weighted by Gasteiger charge is 2.35. The highest BCUT2D eigenvalue weighted by Crippen LogP contribution is 2.26. The SMILES string of the molecule is C=CC(=O)NC1CCN(S(=O)(=O)c2ccc(OCCc3ccccc3)nc2)C(C)C1. The zero-order valence-electron chi connectivity index (χ0n) is 17.0. The lowest BCUT2D eigenvalue weighted by Crippen LogP contribution is -2.50. The van der Waals surface area contributed by atoms with Crippen LogP contribution in [0.15, 0.2) is 66.2 Å². The van der Waals surface area contributed by atoms with Crippen molar-refractivity contribution in [2.45, 2.75) is 43.2 Å². The maximum absolute atomic E-state index is 13.0. The van der Waals surface area contributed by atoms with Crippen LogP contribution in [0.3, 0.4) is 0 Å². The minimum absolute atomic E-state index is 0.0598. The summed E-state index contributed by atoms with van der Waals surface area (Å²) in [5.74, 6) is 0.152. The van der Waals surface area contributed by atoms with E-state index in [1.807, 2.05) is 37.3 Å². The Labute approximate surface area is 177 Å². The van der Waals surface area contributed by atoms with Crippen molar-refractivity contribution in [2.75, 3.05) is 13.2 Å². The molecule has 1 amide bonds. The van der Waals surface area contributed by atoms with Gasteiger partial charge >= 0.3 is 0 Å². The Morgan fingerprint density at radius 2 is 2.07 bits per heavy atom. The summed E-state index contributed by atoms with van der Waals surface area (Å²) in [7, 11) is -3.67. The van der Waals surface area contributed by atoms with Crippen LogP contribution in [0.25, 0.3) is 0 Å². The van der Waals surface area contributed by atoms with Gasteiger partial charge in [-0.05, 0) is 37.5 Å². The number of carbonyl (C=O) groups excluding carboxylic acids is 1. The van der Waals surface area contributed by atoms with Gasteiger partial charge in [0.15, 0.2) is 0 Å². The van der Waals surface area contributed by atoms with E-state index < -0.39 is 10.0 Å². The number of rotatable bonds is 8. The van der Waals surface area contributed by atoms with Crippen LogP contribution in [0.5, 0.6) is 5.88 Å². The number of nitrogens with one attached hydrogen (secondary N) is 1. The molecule has 2 aromatic rings. The third kappa shape index (κ3) is 5.46. The number of amides is 1. The number of carbonyl (C=O) groups is 1. The first-order valence-electron chi connectivity index (χ1n) is 9.97. The van der Waals surface area contributed by atoms with Crippen LogP contribution >= 0.6 is 0 Å². The largest absolute Gasteiger partial charge is 0.477 e. The van der Waals surface area contributed by atoms with E-state index in [4.69, 9.17) is 4.74 Å². The molecule has 1 fully saturated rings. The lowest BCUT2D eigenvalue weighted by atomic mass is 10.0. The van der Waals surface area contributed by atoms with Crippen molar-refractivity contribution in [3.8, 4) is 5.88 Å². The third-order valence-corrected chi connectivity index (χ3v) is 7.14. The first-order valence-corrected chi connectivity index (χ1v) is 11.4. The van der Waals surface area contributed by atoms with Crippen molar-refractivity contribution in [3.63, 3.8) is 0 Å². The number of hydrogen-bond donors (Lipinski definition) is 1. The Kier molecular flexibility index (Phi) is 7.23. The number of hydrogen-bond acceptors (Lipinski definition) is 5. The van der Waals surface area contributed by atoms with Gasteiger partial charge in [-0.1, -0.05) is 36.9 Å². The number of aromatic nitrogens is 1. The maximum atomic E-state index is 13.0. The van der Waals surface area contributed by atoms with Gasteiger partial charge in [0.05, 0.1) is 12.8 Å². The van der Waals surface area contributed by atoms with E-state index in [1.54, 1.807) is 6.07 Å². The van der Waals surface area contributed by atoms with Gasteiger partial charge < -0.3 is 10.1 Å². The molecule has 30 heavy (non-hydrogen) atoms. The van der Waals surface area contributed by atoms with Crippen LogP contribution in [0.4, 0.5) is 0 Å². The first-order chi connectivity index (χ1) is 14.4. The molecule has 3 rings (SSSR count). The zero-order chi connectivity index (χ0) is 21.6. The Bertz CT molecular complexity index is 962. The number of piperidine rings is 1. The Morgan fingerprint density at radius 1 is 1.30 bits per heavy atom. The van der Waals surface area contributed by atoms with Crippen LogP contribution in [0.2, 0.25) is 0 Å². The summed E-state index contributed by atoms with van der Waals surface area (Å²) >= 11 is 0. The molecule has 0 bridgehead atoms. The predicted molar refractivity (Wildman–Crippen MR) is 115 cm³/mol. The van der Waals surface area contributed by atoms with Gasteiger partial charge in [0.1, 0.15) is 4.90 Å². The maximum Gasteiger partial charge on any atom is 0.244 e. The third-order valence-electron chi connectivity index (χ3n) is 5.15. The van der Waals surface area contributed by atoms with E-state index in [9.17, 15) is 13.2 Å². The van der Waals surface area contributed by atoms with E-state index >= 15 is 0 Å². The average Bonchev–Trinajstić information content (AvgIpc) is 2.74. The van der Waals surface area contributed by atoms with Gasteiger partial charge in [0.25, 0.3) is 0 Å². The molecule has 2 atom stereocenters. The molecule has 1 aliphatic rings. The molecule has 7 nitrogen and oxygen atoms in total. The molecular weight excluding hydrogens is 402 g/mol. The van der Waals surface area contributed by atoms with Crippen LogP contribution in [0.1, 0.15) is 25.3 Å². The van der Waals surface area contributed by atoms with Crippen molar-refractivity contribution in [1.29, 1.82) is 0 Å². The van der Waals surface area contributed by atoms with Gasteiger partial charge in [-0.3, -0.25) is 4.79 Å². The number of sulfonamides is 1. The normalized spacial score (nSPS) is 19.8. The molecule has 0 saturated carbocycles. The molecule has 1 aromatic carbocycles. The highest BCUT2D eigenvalue weighted by molar-refractivity contribution is 7.89. The number of pyridine rings is 1. The van der Waals surface area contributed by atoms with E-state index in [0.29, 0.717) is 31.9 Å². The Hall–Kier alpha value is -2.71. The van der Waals surface area contributed by atoms with Crippen LogP contribution in [-0.4, -0.2) is 48.8 Å². The van der Waals surface area contributed by atoms with Gasteiger partial charge in [0, 0.05) is 31.1 Å². The first kappa shape index (κ1) is 22.0. The lowest BCUT2D eigenvalue weighted by molar-refractivity contribution is -0.117. The summed E-state index contributed by atoms with van der Waals surface area (Å²) in [6.07, 6.45) is 4.41. The van der Waals surface area contributed by atoms with Gasteiger partial charge in [0.2, 0.25) is 21.8 Å². The fourth-order valence-electron chi connectivity index (χ4n) is 3.56. The van der Waals surface area contributed by atoms with Gasteiger partial charge in [-0.25, -0.2) is 13.4 Å². The molecule has 0 spiro atoms. The second-order valence-electron chi connectivity index (χ2n) is 7.31. The van der Waals surface area contributed by atoms with Gasteiger partial charge in [-0.15, -0.1) is 0 Å². The summed E-state index contributed by atoms with van der Waals surface area (Å²) in [6, 6.07) is 12.8. The summed E-state index contributed by atoms with van der Waals surface area (Å²) in [5, 5.41) is 2.84. The van der Waals surface area contributed by atoms with Crippen LogP contribution in [0, 0.1) is 0 Å². The van der Waals surface area contributed by atoms with E-state index in [0.717, 1.165) is 6.42 Å². The molecule has 8 heteroatoms. The quantitative estimate of drug-likeness (QED) is 0.652. The molecule has 2 heterocycles. The summed E-state index contributed by atoms with van der Waals surface area (Å²) in [6.45, 7) is 6.09. The number of nitrogens with zero attached hydrogens (tertiary/aromatic N) is 2. The molecular formula is C22H27N3O4S. The van der Waals surface area contributed by atoms with Crippen molar-refractivity contribution in [2.24, 2.45) is 0 Å². The Balaban J connectivity index is 1.58. The molecule has 1 N–H and O–H groups in total. The van der Waals surface area contributed by atoms with E-state index in [1.165, 1.54) is 28.2 Å². The minimum atomic E-state index is -3.67. The fraction of sp³-hybridized carbons (Fsp3) is 0.364. The van der Waals surface area contributed by atoms with Crippen molar-refractivity contribution in [3.05, 3.63) is 66.9 Å². The standard InChI is InChI=1S/C22H27N3O4S/c1-3-21(26)24-19-11-13-25(17(2)15-19)30(27,28)20-9-10-22(23-16-20)29-14-12-18-7-5-4-6-8-18/h3-10,16-17,19H,1,11-15H2,2H3,(H,24,26). The molecule has 0 aliphatic carbocycles. The van der Waals surface area contributed by atoms with E-state index in [-0.39, 0.29) is 22.9 Å². The fourth-order valence-corrected chi connectivity index (χ4v) is 5.16. The predicted octanol–water partition coefficient (Wildman–Crippen LogP) is 2.55. The second kappa shape index (κ2) is 9.86. The molecule has 1 saturated heterocycles. The minimum Gasteiger partial charge on any atom is -0.477 e. The molecule has 1 aromatic heterocycles. The molecule has 1 aliphatic heterocycles. The van der Waals surface area contributed by atoms with Crippen molar-refractivity contribution >= 4 is 15.9 Å². The monoisotopic (exact) mass is 429 g/mol. The number of ether oxygens (including phenoxy) is 1. The second-order valence-corrected chi connectivity index (χ2v) is 9.21. The molecule has 0 radical (unpaired) electrons. The van der Waals surface area contributed by atoms with Crippen molar-refractivity contribution in [1.82, 2.24) is 14.6 Å². The summed E-state index contributed by atoms with van der Waals surface area (Å²) in [4.78, 5) is 15.8. The zero-order valence-corrected chi connectivity index (χ0v) is 17.8. The summed E-state index contributed by atoms with van der Waals surface area (Å²) in [5.41, 5.74) is 1.17. The molecule has 2 unspecified atom stereocenters. The lowest BCUT2D eigenvalue weighted by Gasteiger charge is -2.36. The van der Waals surface area contributed by atoms with Crippen LogP contribution in [-0.2, 0) is 21.2 Å². The topological polar surface area (TPSA) is 88.6 Å². The highest BCUT2D eigenvalue weighted by atomic mass is 32.2. The van der Waals surface area contributed by atoms with Crippen molar-refractivity contribution < 1.29 is 17.9 Å². The van der Waals surface area contributed by atoms with Gasteiger partial charge in [-0.2, -0.15) is 4.31 Å². The smallest absolute Gasteiger partial charge is 0.244 e.